The molecular weight excluding hydrogens is 320 g/mol. The van der Waals surface area contributed by atoms with E-state index < -0.39 is 20.4 Å². The van der Waals surface area contributed by atoms with Crippen molar-refractivity contribution < 1.29 is 21.6 Å². The van der Waals surface area contributed by atoms with Crippen LogP contribution in [0.3, 0.4) is 0 Å². The molecule has 0 amide bonds. The third kappa shape index (κ3) is 3.92. The summed E-state index contributed by atoms with van der Waals surface area (Å²) in [5, 5.41) is 5.05. The van der Waals surface area contributed by atoms with E-state index in [0.717, 1.165) is 4.31 Å². The van der Waals surface area contributed by atoms with Gasteiger partial charge in [0, 0.05) is 39.3 Å². The summed E-state index contributed by atoms with van der Waals surface area (Å²) in [7, 11) is -7.35. The van der Waals surface area contributed by atoms with E-state index in [9.17, 15) is 16.8 Å². The SMILES string of the molecule is CC1CN(S(=O)(=O)N2CCN(S(N)(=O)=O)CC2)CC(C)O1. The largest absolute Gasteiger partial charge is 0.373 e. The summed E-state index contributed by atoms with van der Waals surface area (Å²) in [6.45, 7) is 4.65. The highest BCUT2D eigenvalue weighted by Crippen LogP contribution is 2.19. The Bertz CT molecular complexity index is 560. The smallest absolute Gasteiger partial charge is 0.282 e. The van der Waals surface area contributed by atoms with Crippen molar-refractivity contribution >= 4 is 20.4 Å². The average molecular weight is 342 g/mol. The first-order valence-corrected chi connectivity index (χ1v) is 9.69. The fourth-order valence-electron chi connectivity index (χ4n) is 2.64. The van der Waals surface area contributed by atoms with Crippen molar-refractivity contribution in [1.82, 2.24) is 12.9 Å². The van der Waals surface area contributed by atoms with Crippen LogP contribution in [0.25, 0.3) is 0 Å². The van der Waals surface area contributed by atoms with Crippen molar-refractivity contribution in [3.8, 4) is 0 Å². The number of morpholine rings is 1. The molecular formula is C10H22N4O5S2. The fourth-order valence-corrected chi connectivity index (χ4v) is 5.06. The van der Waals surface area contributed by atoms with Crippen LogP contribution < -0.4 is 5.14 Å². The minimum atomic E-state index is -3.76. The van der Waals surface area contributed by atoms with Crippen LogP contribution in [0.15, 0.2) is 0 Å². The molecule has 124 valence electrons. The second-order valence-corrected chi connectivity index (χ2v) is 8.90. The summed E-state index contributed by atoms with van der Waals surface area (Å²) >= 11 is 0. The zero-order valence-corrected chi connectivity index (χ0v) is 13.8. The zero-order valence-electron chi connectivity index (χ0n) is 12.2. The van der Waals surface area contributed by atoms with Gasteiger partial charge in [-0.25, -0.2) is 5.14 Å². The van der Waals surface area contributed by atoms with E-state index in [1.807, 2.05) is 13.8 Å². The first-order valence-electron chi connectivity index (χ1n) is 6.79. The average Bonchev–Trinajstić information content (AvgIpc) is 2.36. The summed E-state index contributed by atoms with van der Waals surface area (Å²) in [6.07, 6.45) is -0.316. The fraction of sp³-hybridized carbons (Fsp3) is 1.00. The maximum atomic E-state index is 12.6. The topological polar surface area (TPSA) is 113 Å². The third-order valence-electron chi connectivity index (χ3n) is 3.60. The van der Waals surface area contributed by atoms with Gasteiger partial charge < -0.3 is 4.74 Å². The first kappa shape index (κ1) is 17.1. The number of rotatable bonds is 3. The number of nitrogens with two attached hydrogens (primary N) is 1. The molecule has 2 fully saturated rings. The van der Waals surface area contributed by atoms with Crippen LogP contribution in [-0.4, -0.2) is 81.2 Å². The number of nitrogens with zero attached hydrogens (tertiary/aromatic N) is 3. The Balaban J connectivity index is 2.05. The molecule has 0 spiro atoms. The van der Waals surface area contributed by atoms with Crippen LogP contribution >= 0.6 is 0 Å². The number of hydrogen-bond donors (Lipinski definition) is 1. The molecule has 2 rings (SSSR count). The van der Waals surface area contributed by atoms with Gasteiger partial charge in [-0.05, 0) is 13.8 Å². The maximum Gasteiger partial charge on any atom is 0.282 e. The Kier molecular flexibility index (Phi) is 4.93. The van der Waals surface area contributed by atoms with E-state index in [1.54, 1.807) is 0 Å². The highest BCUT2D eigenvalue weighted by molar-refractivity contribution is 7.87. The van der Waals surface area contributed by atoms with Gasteiger partial charge in [-0.2, -0.15) is 29.8 Å². The third-order valence-corrected chi connectivity index (χ3v) is 6.65. The molecule has 0 aromatic rings. The van der Waals surface area contributed by atoms with Crippen LogP contribution in [0.4, 0.5) is 0 Å². The molecule has 2 atom stereocenters. The molecule has 0 aromatic carbocycles. The van der Waals surface area contributed by atoms with Crippen LogP contribution in [0, 0.1) is 0 Å². The van der Waals surface area contributed by atoms with Crippen molar-refractivity contribution in [3.05, 3.63) is 0 Å². The lowest BCUT2D eigenvalue weighted by molar-refractivity contribution is -0.0456. The first-order chi connectivity index (χ1) is 9.60. The highest BCUT2D eigenvalue weighted by Gasteiger charge is 2.37. The quantitative estimate of drug-likeness (QED) is 0.647. The van der Waals surface area contributed by atoms with Crippen LogP contribution in [0.2, 0.25) is 0 Å². The Hall–Kier alpha value is -0.300. The lowest BCUT2D eigenvalue weighted by atomic mass is 10.3. The number of ether oxygens (including phenoxy) is 1. The van der Waals surface area contributed by atoms with Gasteiger partial charge >= 0.3 is 0 Å². The van der Waals surface area contributed by atoms with Crippen molar-refractivity contribution in [2.24, 2.45) is 5.14 Å². The molecule has 0 bridgehead atoms. The van der Waals surface area contributed by atoms with Crippen molar-refractivity contribution in [2.75, 3.05) is 39.3 Å². The number of piperazine rings is 1. The second kappa shape index (κ2) is 6.07. The van der Waals surface area contributed by atoms with Gasteiger partial charge in [0.05, 0.1) is 12.2 Å². The molecule has 0 saturated carbocycles. The van der Waals surface area contributed by atoms with E-state index in [1.165, 1.54) is 8.61 Å². The van der Waals surface area contributed by atoms with Gasteiger partial charge in [0.15, 0.2) is 0 Å². The zero-order chi connectivity index (χ0) is 15.8. The summed E-state index contributed by atoms with van der Waals surface area (Å²) in [4.78, 5) is 0. The predicted octanol–water partition coefficient (Wildman–Crippen LogP) is -1.84. The monoisotopic (exact) mass is 342 g/mol. The minimum Gasteiger partial charge on any atom is -0.373 e. The molecule has 2 aliphatic rings. The van der Waals surface area contributed by atoms with E-state index in [2.05, 4.69) is 0 Å². The van der Waals surface area contributed by atoms with Gasteiger partial charge in [-0.3, -0.25) is 0 Å². The molecule has 2 saturated heterocycles. The maximum absolute atomic E-state index is 12.6. The van der Waals surface area contributed by atoms with Crippen molar-refractivity contribution in [2.45, 2.75) is 26.1 Å². The van der Waals surface area contributed by atoms with Crippen LogP contribution in [-0.2, 0) is 25.2 Å². The Morgan fingerprint density at radius 3 is 1.71 bits per heavy atom. The summed E-state index contributed by atoms with van der Waals surface area (Å²) < 4.78 is 57.0. The summed E-state index contributed by atoms with van der Waals surface area (Å²) in [5.74, 6) is 0. The Morgan fingerprint density at radius 1 is 0.857 bits per heavy atom. The molecule has 2 heterocycles. The van der Waals surface area contributed by atoms with E-state index in [4.69, 9.17) is 9.88 Å². The second-order valence-electron chi connectivity index (χ2n) is 5.43. The summed E-state index contributed by atoms with van der Waals surface area (Å²) in [5.41, 5.74) is 0. The predicted molar refractivity (Wildman–Crippen MR) is 76.8 cm³/mol. The summed E-state index contributed by atoms with van der Waals surface area (Å²) in [6, 6.07) is 0. The lowest BCUT2D eigenvalue weighted by Crippen LogP contribution is -2.58. The molecule has 0 radical (unpaired) electrons. The van der Waals surface area contributed by atoms with Gasteiger partial charge in [0.1, 0.15) is 0 Å². The van der Waals surface area contributed by atoms with Gasteiger partial charge in [0.2, 0.25) is 0 Å². The standard InChI is InChI=1S/C10H22N4O5S2/c1-9-7-14(8-10(2)19-9)21(17,18)13-5-3-12(4-6-13)20(11,15)16/h9-10H,3-8H2,1-2H3,(H2,11,15,16). The molecule has 2 aliphatic heterocycles. The normalized spacial score (nSPS) is 31.4. The molecule has 0 aliphatic carbocycles. The minimum absolute atomic E-state index is 0.0769. The molecule has 2 unspecified atom stereocenters. The lowest BCUT2D eigenvalue weighted by Gasteiger charge is -2.39. The van der Waals surface area contributed by atoms with E-state index in [0.29, 0.717) is 13.1 Å². The van der Waals surface area contributed by atoms with Gasteiger partial charge in [0.25, 0.3) is 20.4 Å². The van der Waals surface area contributed by atoms with E-state index in [-0.39, 0.29) is 38.4 Å². The van der Waals surface area contributed by atoms with Crippen molar-refractivity contribution in [1.29, 1.82) is 0 Å². The van der Waals surface area contributed by atoms with Crippen LogP contribution in [0.5, 0.6) is 0 Å². The highest BCUT2D eigenvalue weighted by atomic mass is 32.2. The van der Waals surface area contributed by atoms with Gasteiger partial charge in [-0.1, -0.05) is 0 Å². The Labute approximate surface area is 126 Å². The van der Waals surface area contributed by atoms with Crippen molar-refractivity contribution in [3.63, 3.8) is 0 Å². The molecule has 11 heteroatoms. The molecule has 0 aromatic heterocycles. The number of hydrogen-bond acceptors (Lipinski definition) is 5. The molecule has 21 heavy (non-hydrogen) atoms. The van der Waals surface area contributed by atoms with Crippen LogP contribution in [0.1, 0.15) is 13.8 Å². The Morgan fingerprint density at radius 2 is 1.29 bits per heavy atom. The van der Waals surface area contributed by atoms with E-state index >= 15 is 0 Å². The molecule has 2 N–H and O–H groups in total. The van der Waals surface area contributed by atoms with Gasteiger partial charge in [-0.15, -0.1) is 0 Å². The molecule has 9 nitrogen and oxygen atoms in total.